The van der Waals surface area contributed by atoms with Gasteiger partial charge in [0.05, 0.1) is 5.92 Å². The molecule has 1 atom stereocenters. The lowest BCUT2D eigenvalue weighted by Crippen LogP contribution is -2.26. The topological polar surface area (TPSA) is 57.6 Å². The summed E-state index contributed by atoms with van der Waals surface area (Å²) in [6, 6.07) is 0. The van der Waals surface area contributed by atoms with Crippen LogP contribution in [0.3, 0.4) is 0 Å². The van der Waals surface area contributed by atoms with Crippen LogP contribution >= 0.6 is 0 Å². The SMILES string of the molecule is CCCCCCCCC=CCCCCC(CCCN1CCCC1=O)C(=O)O. The molecule has 27 heavy (non-hydrogen) atoms. The van der Waals surface area contributed by atoms with Crippen molar-refractivity contribution in [3.05, 3.63) is 12.2 Å². The fraction of sp³-hybridized carbons (Fsp3) is 0.826. The zero-order chi connectivity index (χ0) is 19.7. The van der Waals surface area contributed by atoms with Crippen LogP contribution < -0.4 is 0 Å². The molecular formula is C23H41NO3. The van der Waals surface area contributed by atoms with Crippen LogP contribution in [0.25, 0.3) is 0 Å². The van der Waals surface area contributed by atoms with Gasteiger partial charge in [0.15, 0.2) is 0 Å². The number of unbranched alkanes of at least 4 members (excludes halogenated alkanes) is 8. The van der Waals surface area contributed by atoms with Crippen LogP contribution in [0, 0.1) is 5.92 Å². The smallest absolute Gasteiger partial charge is 0.306 e. The van der Waals surface area contributed by atoms with E-state index in [1.807, 2.05) is 4.90 Å². The number of rotatable bonds is 17. The van der Waals surface area contributed by atoms with Gasteiger partial charge in [-0.25, -0.2) is 0 Å². The van der Waals surface area contributed by atoms with Gasteiger partial charge in [-0.1, -0.05) is 57.6 Å². The van der Waals surface area contributed by atoms with Gasteiger partial charge >= 0.3 is 5.97 Å². The lowest BCUT2D eigenvalue weighted by Gasteiger charge is -2.17. The average molecular weight is 380 g/mol. The number of likely N-dealkylation sites (tertiary alicyclic amines) is 1. The minimum Gasteiger partial charge on any atom is -0.481 e. The second-order valence-electron chi connectivity index (χ2n) is 7.97. The summed E-state index contributed by atoms with van der Waals surface area (Å²) < 4.78 is 0. The van der Waals surface area contributed by atoms with Crippen molar-refractivity contribution in [3.8, 4) is 0 Å². The van der Waals surface area contributed by atoms with E-state index in [9.17, 15) is 14.7 Å². The number of carboxylic acids is 1. The van der Waals surface area contributed by atoms with E-state index in [1.54, 1.807) is 0 Å². The third kappa shape index (κ3) is 11.9. The summed E-state index contributed by atoms with van der Waals surface area (Å²) in [7, 11) is 0. The molecule has 1 saturated heterocycles. The summed E-state index contributed by atoms with van der Waals surface area (Å²) >= 11 is 0. The van der Waals surface area contributed by atoms with E-state index in [0.717, 1.165) is 51.6 Å². The Hall–Kier alpha value is -1.32. The number of hydrogen-bond donors (Lipinski definition) is 1. The number of carbonyl (C=O) groups is 2. The van der Waals surface area contributed by atoms with Gasteiger partial charge in [0.25, 0.3) is 0 Å². The first kappa shape index (κ1) is 23.7. The number of aliphatic carboxylic acids is 1. The molecule has 0 aromatic heterocycles. The second kappa shape index (κ2) is 15.7. The molecule has 0 aromatic rings. The van der Waals surface area contributed by atoms with Gasteiger partial charge in [-0.2, -0.15) is 0 Å². The van der Waals surface area contributed by atoms with Crippen molar-refractivity contribution in [2.45, 2.75) is 103 Å². The summed E-state index contributed by atoms with van der Waals surface area (Å²) in [5, 5.41) is 9.40. The van der Waals surface area contributed by atoms with Gasteiger partial charge in [-0.3, -0.25) is 9.59 Å². The number of carbonyl (C=O) groups excluding carboxylic acids is 1. The lowest BCUT2D eigenvalue weighted by molar-refractivity contribution is -0.142. The van der Waals surface area contributed by atoms with Crippen LogP contribution in [0.15, 0.2) is 12.2 Å². The van der Waals surface area contributed by atoms with Gasteiger partial charge in [-0.05, 0) is 51.4 Å². The molecule has 0 spiro atoms. The zero-order valence-corrected chi connectivity index (χ0v) is 17.5. The molecule has 0 aliphatic carbocycles. The molecule has 156 valence electrons. The first-order chi connectivity index (χ1) is 13.1. The first-order valence-electron chi connectivity index (χ1n) is 11.3. The summed E-state index contributed by atoms with van der Waals surface area (Å²) in [4.78, 5) is 24.9. The number of nitrogens with zero attached hydrogens (tertiary/aromatic N) is 1. The van der Waals surface area contributed by atoms with Crippen molar-refractivity contribution < 1.29 is 14.7 Å². The molecule has 0 saturated carbocycles. The fourth-order valence-corrected chi connectivity index (χ4v) is 3.79. The van der Waals surface area contributed by atoms with Crippen molar-refractivity contribution in [2.75, 3.05) is 13.1 Å². The second-order valence-corrected chi connectivity index (χ2v) is 7.97. The molecule has 0 aromatic carbocycles. The normalized spacial score (nSPS) is 15.7. The molecule has 1 aliphatic heterocycles. The molecule has 1 N–H and O–H groups in total. The van der Waals surface area contributed by atoms with Gasteiger partial charge in [0.2, 0.25) is 5.91 Å². The van der Waals surface area contributed by atoms with E-state index in [0.29, 0.717) is 12.8 Å². The third-order valence-corrected chi connectivity index (χ3v) is 5.57. The van der Waals surface area contributed by atoms with Crippen LogP contribution in [-0.2, 0) is 9.59 Å². The molecule has 0 bridgehead atoms. The monoisotopic (exact) mass is 379 g/mol. The highest BCUT2D eigenvalue weighted by molar-refractivity contribution is 5.78. The molecule has 1 amide bonds. The highest BCUT2D eigenvalue weighted by Gasteiger charge is 2.21. The van der Waals surface area contributed by atoms with E-state index in [1.165, 1.54) is 44.9 Å². The zero-order valence-electron chi connectivity index (χ0n) is 17.5. The average Bonchev–Trinajstić information content (AvgIpc) is 3.05. The standard InChI is InChI=1S/C23H41NO3/c1-2-3-4-5-6-7-8-9-10-11-12-13-16-21(23(26)27)17-14-19-24-20-15-18-22(24)25/h9-10,21H,2-8,11-20H2,1H3,(H,26,27). The predicted molar refractivity (Wildman–Crippen MR) is 112 cm³/mol. The Morgan fingerprint density at radius 1 is 1.00 bits per heavy atom. The molecule has 1 heterocycles. The van der Waals surface area contributed by atoms with Crippen LogP contribution in [0.2, 0.25) is 0 Å². The Bertz CT molecular complexity index is 433. The molecule has 0 radical (unpaired) electrons. The van der Waals surface area contributed by atoms with Crippen LogP contribution in [0.1, 0.15) is 103 Å². The molecule has 1 rings (SSSR count). The Morgan fingerprint density at radius 2 is 1.63 bits per heavy atom. The highest BCUT2D eigenvalue weighted by atomic mass is 16.4. The summed E-state index contributed by atoms with van der Waals surface area (Å²) in [6.45, 7) is 3.82. The van der Waals surface area contributed by atoms with Crippen molar-refractivity contribution in [3.63, 3.8) is 0 Å². The van der Waals surface area contributed by atoms with Gasteiger partial charge < -0.3 is 10.0 Å². The molecule has 4 heteroatoms. The van der Waals surface area contributed by atoms with E-state index in [2.05, 4.69) is 19.1 Å². The molecule has 1 aliphatic rings. The largest absolute Gasteiger partial charge is 0.481 e. The number of hydrogen-bond acceptors (Lipinski definition) is 2. The fourth-order valence-electron chi connectivity index (χ4n) is 3.79. The van der Waals surface area contributed by atoms with E-state index < -0.39 is 5.97 Å². The molecule has 1 fully saturated rings. The van der Waals surface area contributed by atoms with Crippen LogP contribution in [0.4, 0.5) is 0 Å². The number of amides is 1. The van der Waals surface area contributed by atoms with Crippen molar-refractivity contribution in [1.29, 1.82) is 0 Å². The van der Waals surface area contributed by atoms with Crippen molar-refractivity contribution in [1.82, 2.24) is 4.90 Å². The van der Waals surface area contributed by atoms with Crippen molar-refractivity contribution >= 4 is 11.9 Å². The maximum atomic E-state index is 11.6. The third-order valence-electron chi connectivity index (χ3n) is 5.57. The summed E-state index contributed by atoms with van der Waals surface area (Å²) in [5.41, 5.74) is 0. The van der Waals surface area contributed by atoms with E-state index >= 15 is 0 Å². The van der Waals surface area contributed by atoms with Gasteiger partial charge in [-0.15, -0.1) is 0 Å². The maximum Gasteiger partial charge on any atom is 0.306 e. The molecule has 1 unspecified atom stereocenters. The Labute approximate surface area is 166 Å². The maximum absolute atomic E-state index is 11.6. The lowest BCUT2D eigenvalue weighted by atomic mass is 9.96. The van der Waals surface area contributed by atoms with Gasteiger partial charge in [0, 0.05) is 19.5 Å². The Balaban J connectivity index is 2.00. The number of carboxylic acid groups (broad SMARTS) is 1. The summed E-state index contributed by atoms with van der Waals surface area (Å²) in [5.74, 6) is -0.703. The van der Waals surface area contributed by atoms with Crippen molar-refractivity contribution in [2.24, 2.45) is 5.92 Å². The number of allylic oxidation sites excluding steroid dienone is 2. The summed E-state index contributed by atoms with van der Waals surface area (Å²) in [6.07, 6.45) is 20.8. The first-order valence-corrected chi connectivity index (χ1v) is 11.3. The Kier molecular flexibility index (Phi) is 13.8. The Morgan fingerprint density at radius 3 is 2.26 bits per heavy atom. The molecular weight excluding hydrogens is 338 g/mol. The van der Waals surface area contributed by atoms with Crippen LogP contribution in [0.5, 0.6) is 0 Å². The van der Waals surface area contributed by atoms with Crippen LogP contribution in [-0.4, -0.2) is 35.0 Å². The minimum atomic E-state index is -0.679. The van der Waals surface area contributed by atoms with Gasteiger partial charge in [0.1, 0.15) is 0 Å². The molecule has 4 nitrogen and oxygen atoms in total. The quantitative estimate of drug-likeness (QED) is 0.251. The highest BCUT2D eigenvalue weighted by Crippen LogP contribution is 2.18. The van der Waals surface area contributed by atoms with E-state index in [4.69, 9.17) is 0 Å². The van der Waals surface area contributed by atoms with E-state index in [-0.39, 0.29) is 11.8 Å². The minimum absolute atomic E-state index is 0.231. The predicted octanol–water partition coefficient (Wildman–Crippen LogP) is 5.96.